The van der Waals surface area contributed by atoms with Gasteiger partial charge in [-0.1, -0.05) is 37.6 Å². The van der Waals surface area contributed by atoms with Crippen LogP contribution in [-0.4, -0.2) is 18.2 Å². The van der Waals surface area contributed by atoms with E-state index >= 15 is 0 Å². The number of aryl methyl sites for hydroxylation is 1. The van der Waals surface area contributed by atoms with E-state index in [9.17, 15) is 0 Å². The van der Waals surface area contributed by atoms with Gasteiger partial charge in [0.25, 0.3) is 0 Å². The Balaban J connectivity index is 1.49. The molecule has 2 aromatic carbocycles. The quantitative estimate of drug-likeness (QED) is 0.854. The van der Waals surface area contributed by atoms with E-state index in [4.69, 9.17) is 9.47 Å². The minimum Gasteiger partial charge on any atom is -0.454 e. The number of rotatable bonds is 4. The van der Waals surface area contributed by atoms with Crippen LogP contribution in [0.3, 0.4) is 0 Å². The third kappa shape index (κ3) is 2.93. The summed E-state index contributed by atoms with van der Waals surface area (Å²) in [5.74, 6) is 1.74. The highest BCUT2D eigenvalue weighted by atomic mass is 16.7. The van der Waals surface area contributed by atoms with E-state index in [-0.39, 0.29) is 0 Å². The van der Waals surface area contributed by atoms with Crippen LogP contribution < -0.4 is 9.47 Å². The fourth-order valence-corrected chi connectivity index (χ4v) is 3.68. The average molecular weight is 309 g/mol. The molecule has 0 bridgehead atoms. The van der Waals surface area contributed by atoms with E-state index in [1.165, 1.54) is 24.0 Å². The van der Waals surface area contributed by atoms with Crippen molar-refractivity contribution < 1.29 is 9.47 Å². The second-order valence-corrected chi connectivity index (χ2v) is 6.45. The van der Waals surface area contributed by atoms with Gasteiger partial charge in [0.15, 0.2) is 11.5 Å². The number of benzene rings is 2. The van der Waals surface area contributed by atoms with Gasteiger partial charge in [-0.3, -0.25) is 4.90 Å². The molecule has 0 fully saturated rings. The first-order valence-electron chi connectivity index (χ1n) is 8.54. The summed E-state index contributed by atoms with van der Waals surface area (Å²) < 4.78 is 10.9. The molecule has 0 radical (unpaired) electrons. The Labute approximate surface area is 137 Å². The Morgan fingerprint density at radius 3 is 2.91 bits per heavy atom. The lowest BCUT2D eigenvalue weighted by Crippen LogP contribution is -2.30. The second-order valence-electron chi connectivity index (χ2n) is 6.45. The van der Waals surface area contributed by atoms with Crippen LogP contribution in [0.25, 0.3) is 0 Å². The van der Waals surface area contributed by atoms with E-state index in [1.807, 2.05) is 6.07 Å². The number of ether oxygens (including phenoxy) is 2. The molecule has 0 N–H and O–H groups in total. The van der Waals surface area contributed by atoms with Gasteiger partial charge in [-0.15, -0.1) is 0 Å². The Bertz CT molecular complexity index is 711. The minimum absolute atomic E-state index is 0.343. The SMILES string of the molecule is CCCc1cccc2c1CCN(Cc1ccc3c(c1)OCO3)C2. The summed E-state index contributed by atoms with van der Waals surface area (Å²) in [6.07, 6.45) is 3.58. The van der Waals surface area contributed by atoms with Gasteiger partial charge in [-0.25, -0.2) is 0 Å². The monoisotopic (exact) mass is 309 g/mol. The molecule has 23 heavy (non-hydrogen) atoms. The van der Waals surface area contributed by atoms with E-state index in [0.29, 0.717) is 6.79 Å². The zero-order valence-electron chi connectivity index (χ0n) is 13.7. The lowest BCUT2D eigenvalue weighted by atomic mass is 9.92. The predicted octanol–water partition coefficient (Wildman–Crippen LogP) is 3.93. The first kappa shape index (κ1) is 14.6. The summed E-state index contributed by atoms with van der Waals surface area (Å²) >= 11 is 0. The van der Waals surface area contributed by atoms with Crippen molar-refractivity contribution in [3.05, 3.63) is 58.7 Å². The zero-order valence-corrected chi connectivity index (χ0v) is 13.7. The van der Waals surface area contributed by atoms with Crippen LogP contribution in [0.4, 0.5) is 0 Å². The Morgan fingerprint density at radius 1 is 1.09 bits per heavy atom. The maximum atomic E-state index is 5.49. The molecule has 0 spiro atoms. The lowest BCUT2D eigenvalue weighted by Gasteiger charge is -2.30. The summed E-state index contributed by atoms with van der Waals surface area (Å²) in [4.78, 5) is 2.52. The summed E-state index contributed by atoms with van der Waals surface area (Å²) in [5, 5.41) is 0. The maximum Gasteiger partial charge on any atom is 0.231 e. The minimum atomic E-state index is 0.343. The number of hydrogen-bond acceptors (Lipinski definition) is 3. The van der Waals surface area contributed by atoms with Crippen molar-refractivity contribution in [3.8, 4) is 11.5 Å². The van der Waals surface area contributed by atoms with Crippen molar-refractivity contribution in [2.45, 2.75) is 39.3 Å². The largest absolute Gasteiger partial charge is 0.454 e. The molecule has 2 aliphatic rings. The third-order valence-corrected chi connectivity index (χ3v) is 4.80. The zero-order chi connectivity index (χ0) is 15.6. The first-order chi connectivity index (χ1) is 11.3. The molecule has 3 nitrogen and oxygen atoms in total. The molecule has 0 saturated carbocycles. The van der Waals surface area contributed by atoms with Crippen LogP contribution in [0.2, 0.25) is 0 Å². The summed E-state index contributed by atoms with van der Waals surface area (Å²) in [5.41, 5.74) is 5.94. The van der Waals surface area contributed by atoms with Crippen molar-refractivity contribution in [1.29, 1.82) is 0 Å². The molecule has 0 aliphatic carbocycles. The van der Waals surface area contributed by atoms with E-state index in [1.54, 1.807) is 11.1 Å². The van der Waals surface area contributed by atoms with Crippen LogP contribution in [0.15, 0.2) is 36.4 Å². The molecule has 0 saturated heterocycles. The van der Waals surface area contributed by atoms with Gasteiger partial charge >= 0.3 is 0 Å². The van der Waals surface area contributed by atoms with E-state index in [2.05, 4.69) is 42.2 Å². The van der Waals surface area contributed by atoms with Crippen molar-refractivity contribution in [2.24, 2.45) is 0 Å². The van der Waals surface area contributed by atoms with Crippen molar-refractivity contribution in [2.75, 3.05) is 13.3 Å². The highest BCUT2D eigenvalue weighted by Gasteiger charge is 2.20. The van der Waals surface area contributed by atoms with E-state index < -0.39 is 0 Å². The molecular weight excluding hydrogens is 286 g/mol. The summed E-state index contributed by atoms with van der Waals surface area (Å²) in [6.45, 7) is 5.74. The van der Waals surface area contributed by atoms with Gasteiger partial charge in [0.1, 0.15) is 0 Å². The first-order valence-corrected chi connectivity index (χ1v) is 8.54. The van der Waals surface area contributed by atoms with Crippen LogP contribution in [-0.2, 0) is 25.9 Å². The lowest BCUT2D eigenvalue weighted by molar-refractivity contribution is 0.174. The molecule has 2 heterocycles. The van der Waals surface area contributed by atoms with E-state index in [0.717, 1.165) is 37.6 Å². The van der Waals surface area contributed by atoms with Crippen LogP contribution in [0.5, 0.6) is 11.5 Å². The molecule has 120 valence electrons. The predicted molar refractivity (Wildman–Crippen MR) is 90.8 cm³/mol. The smallest absolute Gasteiger partial charge is 0.231 e. The molecule has 0 aromatic heterocycles. The molecule has 2 aliphatic heterocycles. The van der Waals surface area contributed by atoms with Crippen molar-refractivity contribution in [3.63, 3.8) is 0 Å². The maximum absolute atomic E-state index is 5.49. The van der Waals surface area contributed by atoms with Crippen LogP contribution in [0.1, 0.15) is 35.6 Å². The number of nitrogens with zero attached hydrogens (tertiary/aromatic N) is 1. The fourth-order valence-electron chi connectivity index (χ4n) is 3.68. The number of hydrogen-bond donors (Lipinski definition) is 0. The van der Waals surface area contributed by atoms with Gasteiger partial charge in [0.05, 0.1) is 0 Å². The Morgan fingerprint density at radius 2 is 2.00 bits per heavy atom. The molecule has 0 unspecified atom stereocenters. The Kier molecular flexibility index (Phi) is 3.96. The van der Waals surface area contributed by atoms with Gasteiger partial charge in [0, 0.05) is 19.6 Å². The summed E-state index contributed by atoms with van der Waals surface area (Å²) in [7, 11) is 0. The van der Waals surface area contributed by atoms with Crippen molar-refractivity contribution in [1.82, 2.24) is 4.90 Å². The van der Waals surface area contributed by atoms with Gasteiger partial charge in [-0.05, 0) is 47.2 Å². The topological polar surface area (TPSA) is 21.7 Å². The third-order valence-electron chi connectivity index (χ3n) is 4.80. The molecule has 0 amide bonds. The number of fused-ring (bicyclic) bond motifs is 2. The standard InChI is InChI=1S/C20H23NO2/c1-2-4-16-5-3-6-17-13-21(10-9-18(16)17)12-15-7-8-19-20(11-15)23-14-22-19/h3,5-8,11H,2,4,9-10,12-14H2,1H3. The highest BCUT2D eigenvalue weighted by molar-refractivity contribution is 5.44. The van der Waals surface area contributed by atoms with Crippen molar-refractivity contribution >= 4 is 0 Å². The highest BCUT2D eigenvalue weighted by Crippen LogP contribution is 2.33. The molecule has 3 heteroatoms. The Hall–Kier alpha value is -2.00. The molecule has 2 aromatic rings. The molecular formula is C20H23NO2. The molecule has 0 atom stereocenters. The normalized spacial score (nSPS) is 16.4. The van der Waals surface area contributed by atoms with Crippen LogP contribution in [0, 0.1) is 0 Å². The van der Waals surface area contributed by atoms with Gasteiger partial charge < -0.3 is 9.47 Å². The van der Waals surface area contributed by atoms with Crippen LogP contribution >= 0.6 is 0 Å². The molecule has 4 rings (SSSR count). The van der Waals surface area contributed by atoms with Gasteiger partial charge in [-0.2, -0.15) is 0 Å². The average Bonchev–Trinajstić information content (AvgIpc) is 3.03. The van der Waals surface area contributed by atoms with Gasteiger partial charge in [0.2, 0.25) is 6.79 Å². The fraction of sp³-hybridized carbons (Fsp3) is 0.400. The summed E-state index contributed by atoms with van der Waals surface area (Å²) in [6, 6.07) is 13.1. The second kappa shape index (κ2) is 6.25.